The molecule has 0 aliphatic carbocycles. The van der Waals surface area contributed by atoms with E-state index in [1.165, 1.54) is 5.56 Å². The van der Waals surface area contributed by atoms with Crippen LogP contribution in [-0.2, 0) is 17.8 Å². The highest BCUT2D eigenvalue weighted by Crippen LogP contribution is 2.29. The van der Waals surface area contributed by atoms with Crippen LogP contribution in [0.25, 0.3) is 0 Å². The van der Waals surface area contributed by atoms with Crippen molar-refractivity contribution in [1.82, 2.24) is 9.97 Å². The zero-order valence-electron chi connectivity index (χ0n) is 16.6. The molecule has 0 bridgehead atoms. The maximum Gasteiger partial charge on any atom is 0.246 e. The van der Waals surface area contributed by atoms with Gasteiger partial charge >= 0.3 is 0 Å². The van der Waals surface area contributed by atoms with E-state index in [1.54, 1.807) is 11.2 Å². The van der Waals surface area contributed by atoms with E-state index in [-0.39, 0.29) is 12.5 Å². The fourth-order valence-corrected chi connectivity index (χ4v) is 3.63. The Morgan fingerprint density at radius 1 is 0.966 bits per heavy atom. The third kappa shape index (κ3) is 4.37. The van der Waals surface area contributed by atoms with Crippen LogP contribution in [0.5, 0.6) is 0 Å². The number of nitrogens with one attached hydrogen (secondary N) is 1. The predicted molar refractivity (Wildman–Crippen MR) is 116 cm³/mol. The Hall–Kier alpha value is -3.41. The van der Waals surface area contributed by atoms with Gasteiger partial charge in [-0.25, -0.2) is 9.97 Å². The van der Waals surface area contributed by atoms with Crippen LogP contribution >= 0.6 is 0 Å². The molecule has 6 heteroatoms. The SMILES string of the molecule is CN1CC(=O)N(c2ccccc2)Cc2c(NCCCc3ccccc3)ncnc21. The summed E-state index contributed by atoms with van der Waals surface area (Å²) in [6.07, 6.45) is 3.58. The second kappa shape index (κ2) is 8.73. The lowest BCUT2D eigenvalue weighted by molar-refractivity contribution is -0.117. The molecule has 0 fully saturated rings. The van der Waals surface area contributed by atoms with Crippen LogP contribution in [0.3, 0.4) is 0 Å². The number of amides is 1. The van der Waals surface area contributed by atoms with Crippen molar-refractivity contribution in [3.63, 3.8) is 0 Å². The second-order valence-corrected chi connectivity index (χ2v) is 7.21. The first-order chi connectivity index (χ1) is 14.2. The van der Waals surface area contributed by atoms with Gasteiger partial charge in [-0.2, -0.15) is 0 Å². The topological polar surface area (TPSA) is 61.4 Å². The zero-order valence-corrected chi connectivity index (χ0v) is 16.6. The molecule has 0 unspecified atom stereocenters. The summed E-state index contributed by atoms with van der Waals surface area (Å²) < 4.78 is 0. The molecule has 29 heavy (non-hydrogen) atoms. The summed E-state index contributed by atoms with van der Waals surface area (Å²) in [5, 5.41) is 3.46. The van der Waals surface area contributed by atoms with Gasteiger partial charge in [0.15, 0.2) is 0 Å². The zero-order chi connectivity index (χ0) is 20.1. The van der Waals surface area contributed by atoms with Gasteiger partial charge in [-0.05, 0) is 30.5 Å². The minimum atomic E-state index is 0.0479. The van der Waals surface area contributed by atoms with E-state index in [1.807, 2.05) is 48.3 Å². The number of hydrogen-bond acceptors (Lipinski definition) is 5. The number of hydrogen-bond donors (Lipinski definition) is 1. The molecule has 1 N–H and O–H groups in total. The van der Waals surface area contributed by atoms with E-state index in [0.29, 0.717) is 6.54 Å². The van der Waals surface area contributed by atoms with Crippen molar-refractivity contribution >= 4 is 23.2 Å². The molecule has 0 spiro atoms. The number of likely N-dealkylation sites (N-methyl/N-ethyl adjacent to an activating group) is 1. The van der Waals surface area contributed by atoms with Crippen LogP contribution in [0.1, 0.15) is 17.5 Å². The van der Waals surface area contributed by atoms with Gasteiger partial charge in [-0.1, -0.05) is 48.5 Å². The van der Waals surface area contributed by atoms with Gasteiger partial charge in [-0.3, -0.25) is 4.79 Å². The van der Waals surface area contributed by atoms with E-state index >= 15 is 0 Å². The van der Waals surface area contributed by atoms with Crippen LogP contribution < -0.4 is 15.1 Å². The number of nitrogens with zero attached hydrogens (tertiary/aromatic N) is 4. The van der Waals surface area contributed by atoms with Crippen molar-refractivity contribution < 1.29 is 4.79 Å². The van der Waals surface area contributed by atoms with Crippen LogP contribution in [-0.4, -0.2) is 36.0 Å². The second-order valence-electron chi connectivity index (χ2n) is 7.21. The summed E-state index contributed by atoms with van der Waals surface area (Å²) in [6.45, 7) is 1.54. The lowest BCUT2D eigenvalue weighted by Gasteiger charge is -2.21. The molecule has 0 atom stereocenters. The molecule has 2 aromatic carbocycles. The summed E-state index contributed by atoms with van der Waals surface area (Å²) in [5.41, 5.74) is 3.17. The van der Waals surface area contributed by atoms with Crippen molar-refractivity contribution in [1.29, 1.82) is 0 Å². The first kappa shape index (κ1) is 18.9. The highest BCUT2D eigenvalue weighted by molar-refractivity contribution is 5.97. The molecule has 3 aromatic rings. The molecule has 4 rings (SSSR count). The van der Waals surface area contributed by atoms with Crippen molar-refractivity contribution in [2.45, 2.75) is 19.4 Å². The molecule has 0 radical (unpaired) electrons. The molecular formula is C23H25N5O. The molecule has 6 nitrogen and oxygen atoms in total. The van der Waals surface area contributed by atoms with Crippen molar-refractivity contribution in [3.8, 4) is 0 Å². The number of rotatable bonds is 6. The molecule has 0 saturated heterocycles. The Morgan fingerprint density at radius 2 is 1.69 bits per heavy atom. The van der Waals surface area contributed by atoms with Crippen LogP contribution in [0.15, 0.2) is 67.0 Å². The normalized spacial score (nSPS) is 13.8. The van der Waals surface area contributed by atoms with E-state index in [2.05, 4.69) is 39.6 Å². The molecule has 0 saturated carbocycles. The molecule has 1 aromatic heterocycles. The summed E-state index contributed by atoms with van der Waals surface area (Å²) in [6, 6.07) is 20.2. The average molecular weight is 387 g/mol. The predicted octanol–water partition coefficient (Wildman–Crippen LogP) is 3.50. The first-order valence-electron chi connectivity index (χ1n) is 9.90. The molecule has 1 amide bonds. The van der Waals surface area contributed by atoms with Crippen molar-refractivity contribution in [3.05, 3.63) is 78.1 Å². The van der Waals surface area contributed by atoms with Crippen molar-refractivity contribution in [2.24, 2.45) is 0 Å². The fourth-order valence-electron chi connectivity index (χ4n) is 3.63. The molecule has 1 aliphatic heterocycles. The Labute approximate surface area is 171 Å². The highest BCUT2D eigenvalue weighted by atomic mass is 16.2. The van der Waals surface area contributed by atoms with E-state index in [4.69, 9.17) is 0 Å². The first-order valence-corrected chi connectivity index (χ1v) is 9.90. The lowest BCUT2D eigenvalue weighted by atomic mass is 10.1. The monoisotopic (exact) mass is 387 g/mol. The quantitative estimate of drug-likeness (QED) is 0.656. The third-order valence-corrected chi connectivity index (χ3v) is 5.12. The van der Waals surface area contributed by atoms with Gasteiger partial charge in [-0.15, -0.1) is 0 Å². The Kier molecular flexibility index (Phi) is 5.70. The minimum absolute atomic E-state index is 0.0479. The number of carbonyl (C=O) groups is 1. The maximum absolute atomic E-state index is 12.8. The number of aryl methyl sites for hydroxylation is 1. The van der Waals surface area contributed by atoms with Gasteiger partial charge in [0, 0.05) is 19.3 Å². The standard InChI is InChI=1S/C23H25N5O/c1-27-16-21(29)28(19-12-6-3-7-13-19)15-20-22(25-17-26-23(20)27)24-14-8-11-18-9-4-2-5-10-18/h2-7,9-10,12-13,17H,8,11,14-16H2,1H3,(H,24,25,26). The van der Waals surface area contributed by atoms with E-state index in [0.717, 1.165) is 42.3 Å². The van der Waals surface area contributed by atoms with Crippen LogP contribution in [0.4, 0.5) is 17.3 Å². The summed E-state index contributed by atoms with van der Waals surface area (Å²) in [5.74, 6) is 1.65. The summed E-state index contributed by atoms with van der Waals surface area (Å²) >= 11 is 0. The van der Waals surface area contributed by atoms with Crippen molar-refractivity contribution in [2.75, 3.05) is 35.3 Å². The van der Waals surface area contributed by atoms with Crippen LogP contribution in [0.2, 0.25) is 0 Å². The van der Waals surface area contributed by atoms with Gasteiger partial charge in [0.1, 0.15) is 18.0 Å². The van der Waals surface area contributed by atoms with Gasteiger partial charge in [0.2, 0.25) is 5.91 Å². The van der Waals surface area contributed by atoms with Gasteiger partial charge in [0.05, 0.1) is 18.7 Å². The fraction of sp³-hybridized carbons (Fsp3) is 0.261. The number of benzene rings is 2. The summed E-state index contributed by atoms with van der Waals surface area (Å²) in [4.78, 5) is 25.5. The van der Waals surface area contributed by atoms with E-state index < -0.39 is 0 Å². The Bertz CT molecular complexity index is 962. The molecule has 2 heterocycles. The molecule has 1 aliphatic rings. The maximum atomic E-state index is 12.8. The lowest BCUT2D eigenvalue weighted by Crippen LogP contribution is -2.35. The average Bonchev–Trinajstić information content (AvgIpc) is 2.89. The highest BCUT2D eigenvalue weighted by Gasteiger charge is 2.27. The largest absolute Gasteiger partial charge is 0.370 e. The van der Waals surface area contributed by atoms with Gasteiger partial charge in [0.25, 0.3) is 0 Å². The number of para-hydroxylation sites is 1. The number of fused-ring (bicyclic) bond motifs is 1. The van der Waals surface area contributed by atoms with Gasteiger partial charge < -0.3 is 15.1 Å². The third-order valence-electron chi connectivity index (χ3n) is 5.12. The Balaban J connectivity index is 1.52. The molecular weight excluding hydrogens is 362 g/mol. The smallest absolute Gasteiger partial charge is 0.246 e. The van der Waals surface area contributed by atoms with Crippen LogP contribution in [0, 0.1) is 0 Å². The minimum Gasteiger partial charge on any atom is -0.370 e. The Morgan fingerprint density at radius 3 is 2.45 bits per heavy atom. The summed E-state index contributed by atoms with van der Waals surface area (Å²) in [7, 11) is 1.90. The number of carbonyl (C=O) groups excluding carboxylic acids is 1. The number of aromatic nitrogens is 2. The number of anilines is 3. The van der Waals surface area contributed by atoms with E-state index in [9.17, 15) is 4.79 Å². The molecule has 148 valence electrons.